The van der Waals surface area contributed by atoms with Gasteiger partial charge in [0.1, 0.15) is 0 Å². The summed E-state index contributed by atoms with van der Waals surface area (Å²) < 4.78 is 11.4. The summed E-state index contributed by atoms with van der Waals surface area (Å²) in [6, 6.07) is 6.77. The van der Waals surface area contributed by atoms with Crippen LogP contribution in [0.1, 0.15) is 52.6 Å². The van der Waals surface area contributed by atoms with Gasteiger partial charge in [-0.05, 0) is 55.8 Å². The molecule has 1 fully saturated rings. The molecule has 0 bridgehead atoms. The van der Waals surface area contributed by atoms with Crippen molar-refractivity contribution in [2.45, 2.75) is 47.1 Å². The van der Waals surface area contributed by atoms with E-state index in [1.807, 2.05) is 19.9 Å². The van der Waals surface area contributed by atoms with Gasteiger partial charge in [0.05, 0.1) is 13.2 Å². The first-order valence-electron chi connectivity index (χ1n) is 8.16. The van der Waals surface area contributed by atoms with Crippen LogP contribution in [0.25, 0.3) is 0 Å². The van der Waals surface area contributed by atoms with Crippen molar-refractivity contribution in [2.24, 2.45) is 11.3 Å². The maximum atomic E-state index is 5.76. The fraction of sp³-hybridized carbons (Fsp3) is 0.667. The van der Waals surface area contributed by atoms with Crippen molar-refractivity contribution in [3.8, 4) is 11.5 Å². The zero-order valence-corrected chi connectivity index (χ0v) is 14.0. The molecule has 2 rings (SSSR count). The zero-order valence-electron chi connectivity index (χ0n) is 14.0. The van der Waals surface area contributed by atoms with Gasteiger partial charge >= 0.3 is 0 Å². The molecule has 1 aromatic rings. The van der Waals surface area contributed by atoms with Crippen LogP contribution in [-0.2, 0) is 0 Å². The van der Waals surface area contributed by atoms with Crippen LogP contribution in [0.4, 0.5) is 0 Å². The number of ether oxygens (including phenoxy) is 2. The van der Waals surface area contributed by atoms with Crippen molar-refractivity contribution in [1.82, 2.24) is 5.32 Å². The normalized spacial score (nSPS) is 20.9. The summed E-state index contributed by atoms with van der Waals surface area (Å²) in [6.45, 7) is 13.2. The highest BCUT2D eigenvalue weighted by Gasteiger charge is 2.50. The van der Waals surface area contributed by atoms with E-state index in [1.165, 1.54) is 12.0 Å². The summed E-state index contributed by atoms with van der Waals surface area (Å²) in [4.78, 5) is 0. The highest BCUT2D eigenvalue weighted by atomic mass is 16.5. The van der Waals surface area contributed by atoms with Gasteiger partial charge < -0.3 is 14.8 Å². The molecule has 3 heteroatoms. The van der Waals surface area contributed by atoms with E-state index in [4.69, 9.17) is 9.47 Å². The van der Waals surface area contributed by atoms with Crippen molar-refractivity contribution in [3.05, 3.63) is 23.8 Å². The summed E-state index contributed by atoms with van der Waals surface area (Å²) in [5, 5.41) is 3.64. The third-order valence-corrected chi connectivity index (χ3v) is 4.34. The number of hydrogen-bond donors (Lipinski definition) is 1. The lowest BCUT2D eigenvalue weighted by atomic mass is 9.96. The number of rotatable bonds is 8. The first-order chi connectivity index (χ1) is 10.0. The minimum absolute atomic E-state index is 0.403. The molecule has 0 aliphatic heterocycles. The molecule has 1 saturated carbocycles. The third kappa shape index (κ3) is 3.70. The zero-order chi connectivity index (χ0) is 15.5. The molecular formula is C18H29NO2. The van der Waals surface area contributed by atoms with E-state index in [9.17, 15) is 0 Å². The van der Waals surface area contributed by atoms with Gasteiger partial charge in [-0.25, -0.2) is 0 Å². The molecule has 1 N–H and O–H groups in total. The highest BCUT2D eigenvalue weighted by Crippen LogP contribution is 2.58. The van der Waals surface area contributed by atoms with Crippen LogP contribution < -0.4 is 14.8 Å². The molecule has 2 atom stereocenters. The number of benzene rings is 1. The topological polar surface area (TPSA) is 30.5 Å². The molecule has 21 heavy (non-hydrogen) atoms. The molecule has 0 aromatic heterocycles. The van der Waals surface area contributed by atoms with Gasteiger partial charge in [0.15, 0.2) is 11.5 Å². The van der Waals surface area contributed by atoms with Crippen LogP contribution in [0.3, 0.4) is 0 Å². The quantitative estimate of drug-likeness (QED) is 0.779. The van der Waals surface area contributed by atoms with Crippen LogP contribution in [0, 0.1) is 11.3 Å². The largest absolute Gasteiger partial charge is 0.490 e. The molecule has 3 nitrogen and oxygen atoms in total. The van der Waals surface area contributed by atoms with Crippen molar-refractivity contribution in [1.29, 1.82) is 0 Å². The standard InChI is InChI=1S/C18H29NO2/c1-6-19-17(14-12-18(14,4)5)13-9-10-15(20-7-2)16(11-13)21-8-3/h9-11,14,17,19H,6-8,12H2,1-5H3. The van der Waals surface area contributed by atoms with E-state index in [1.54, 1.807) is 0 Å². The highest BCUT2D eigenvalue weighted by molar-refractivity contribution is 5.44. The van der Waals surface area contributed by atoms with Crippen LogP contribution in [0.15, 0.2) is 18.2 Å². The minimum atomic E-state index is 0.403. The molecule has 1 aromatic carbocycles. The SMILES string of the molecule is CCNC(c1ccc(OCC)c(OCC)c1)C1CC1(C)C. The smallest absolute Gasteiger partial charge is 0.161 e. The molecule has 1 aliphatic carbocycles. The van der Waals surface area contributed by atoms with Gasteiger partial charge in [-0.15, -0.1) is 0 Å². The number of nitrogens with one attached hydrogen (secondary N) is 1. The van der Waals surface area contributed by atoms with Crippen molar-refractivity contribution < 1.29 is 9.47 Å². The monoisotopic (exact) mass is 291 g/mol. The van der Waals surface area contributed by atoms with Crippen LogP contribution >= 0.6 is 0 Å². The summed E-state index contributed by atoms with van der Waals surface area (Å²) in [5.74, 6) is 2.40. The van der Waals surface area contributed by atoms with Crippen LogP contribution in [0.5, 0.6) is 11.5 Å². The van der Waals surface area contributed by atoms with Gasteiger partial charge in [-0.2, -0.15) is 0 Å². The lowest BCUT2D eigenvalue weighted by Crippen LogP contribution is -2.24. The van der Waals surface area contributed by atoms with Gasteiger partial charge in [-0.1, -0.05) is 26.8 Å². The maximum Gasteiger partial charge on any atom is 0.161 e. The second-order valence-corrected chi connectivity index (χ2v) is 6.41. The Labute approximate surface area is 129 Å². The van der Waals surface area contributed by atoms with Crippen LogP contribution in [-0.4, -0.2) is 19.8 Å². The Bertz CT molecular complexity index is 470. The first-order valence-corrected chi connectivity index (χ1v) is 8.16. The molecule has 2 unspecified atom stereocenters. The summed E-state index contributed by atoms with van der Waals surface area (Å²) >= 11 is 0. The van der Waals surface area contributed by atoms with Gasteiger partial charge in [0, 0.05) is 6.04 Å². The van der Waals surface area contributed by atoms with Gasteiger partial charge in [-0.3, -0.25) is 0 Å². The summed E-state index contributed by atoms with van der Waals surface area (Å²) in [6.07, 6.45) is 1.28. The molecule has 0 radical (unpaired) electrons. The Morgan fingerprint density at radius 2 is 1.76 bits per heavy atom. The molecular weight excluding hydrogens is 262 g/mol. The van der Waals surface area contributed by atoms with E-state index in [0.717, 1.165) is 18.0 Å². The Balaban J connectivity index is 2.26. The second kappa shape index (κ2) is 6.69. The van der Waals surface area contributed by atoms with E-state index in [-0.39, 0.29) is 0 Å². The van der Waals surface area contributed by atoms with Crippen molar-refractivity contribution in [2.75, 3.05) is 19.8 Å². The van der Waals surface area contributed by atoms with E-state index in [2.05, 4.69) is 38.2 Å². The van der Waals surface area contributed by atoms with Crippen LogP contribution in [0.2, 0.25) is 0 Å². The fourth-order valence-electron chi connectivity index (χ4n) is 3.05. The molecule has 0 amide bonds. The summed E-state index contributed by atoms with van der Waals surface area (Å²) in [5.41, 5.74) is 1.75. The molecule has 0 saturated heterocycles. The minimum Gasteiger partial charge on any atom is -0.490 e. The average Bonchev–Trinajstić information content (AvgIpc) is 3.07. The van der Waals surface area contributed by atoms with Gasteiger partial charge in [0.2, 0.25) is 0 Å². The Morgan fingerprint density at radius 3 is 2.29 bits per heavy atom. The lowest BCUT2D eigenvalue weighted by Gasteiger charge is -2.22. The van der Waals surface area contributed by atoms with E-state index < -0.39 is 0 Å². The molecule has 1 aliphatic rings. The van der Waals surface area contributed by atoms with Crippen molar-refractivity contribution >= 4 is 0 Å². The second-order valence-electron chi connectivity index (χ2n) is 6.41. The molecule has 0 spiro atoms. The average molecular weight is 291 g/mol. The van der Waals surface area contributed by atoms with Crippen molar-refractivity contribution in [3.63, 3.8) is 0 Å². The Kier molecular flexibility index (Phi) is 5.15. The third-order valence-electron chi connectivity index (χ3n) is 4.34. The summed E-state index contributed by atoms with van der Waals surface area (Å²) in [7, 11) is 0. The fourth-order valence-corrected chi connectivity index (χ4v) is 3.05. The predicted molar refractivity (Wildman–Crippen MR) is 87.1 cm³/mol. The Hall–Kier alpha value is -1.22. The molecule has 0 heterocycles. The number of hydrogen-bond acceptors (Lipinski definition) is 3. The first kappa shape index (κ1) is 16.2. The lowest BCUT2D eigenvalue weighted by molar-refractivity contribution is 0.286. The predicted octanol–water partition coefficient (Wildman–Crippen LogP) is 4.18. The maximum absolute atomic E-state index is 5.76. The Morgan fingerprint density at radius 1 is 1.14 bits per heavy atom. The van der Waals surface area contributed by atoms with E-state index >= 15 is 0 Å². The van der Waals surface area contributed by atoms with Gasteiger partial charge in [0.25, 0.3) is 0 Å². The molecule has 118 valence electrons. The van der Waals surface area contributed by atoms with E-state index in [0.29, 0.717) is 30.6 Å².